The van der Waals surface area contributed by atoms with Crippen molar-refractivity contribution in [1.82, 2.24) is 15.0 Å². The van der Waals surface area contributed by atoms with Gasteiger partial charge in [-0.3, -0.25) is 0 Å². The number of anilines is 2. The molecule has 0 amide bonds. The normalized spacial score (nSPS) is 12.3. The highest BCUT2D eigenvalue weighted by Crippen LogP contribution is 2.14. The molecule has 1 aromatic rings. The van der Waals surface area contributed by atoms with E-state index in [1.54, 1.807) is 0 Å². The summed E-state index contributed by atoms with van der Waals surface area (Å²) >= 11 is 0. The molecule has 120 valence electrons. The maximum absolute atomic E-state index is 5.40. The molecule has 0 spiro atoms. The molecular formula is C15H29N5O. The first-order valence-corrected chi connectivity index (χ1v) is 7.94. The van der Waals surface area contributed by atoms with E-state index >= 15 is 0 Å². The van der Waals surface area contributed by atoms with Crippen LogP contribution in [0.2, 0.25) is 0 Å². The van der Waals surface area contributed by atoms with Crippen LogP contribution in [0.5, 0.6) is 6.01 Å². The molecule has 6 nitrogen and oxygen atoms in total. The Bertz CT molecular complexity index is 411. The average Bonchev–Trinajstić information content (AvgIpc) is 2.43. The van der Waals surface area contributed by atoms with Gasteiger partial charge in [-0.05, 0) is 39.0 Å². The Kier molecular flexibility index (Phi) is 7.79. The lowest BCUT2D eigenvalue weighted by atomic mass is 10.0. The molecule has 1 rings (SSSR count). The van der Waals surface area contributed by atoms with Crippen LogP contribution in [0.4, 0.5) is 11.9 Å². The van der Waals surface area contributed by atoms with Gasteiger partial charge in [0, 0.05) is 12.6 Å². The number of hydrogen-bond acceptors (Lipinski definition) is 6. The maximum Gasteiger partial charge on any atom is 0.323 e. The molecular weight excluding hydrogens is 266 g/mol. The van der Waals surface area contributed by atoms with Gasteiger partial charge in [0.25, 0.3) is 0 Å². The van der Waals surface area contributed by atoms with Crippen molar-refractivity contribution in [3.8, 4) is 6.01 Å². The molecule has 21 heavy (non-hydrogen) atoms. The summed E-state index contributed by atoms with van der Waals surface area (Å²) in [5.41, 5.74) is 0. The molecule has 0 bridgehead atoms. The Morgan fingerprint density at radius 2 is 1.71 bits per heavy atom. The van der Waals surface area contributed by atoms with Crippen LogP contribution in [-0.4, -0.2) is 34.1 Å². The van der Waals surface area contributed by atoms with Gasteiger partial charge in [-0.15, -0.1) is 0 Å². The first-order chi connectivity index (χ1) is 10.0. The van der Waals surface area contributed by atoms with Crippen LogP contribution in [0.25, 0.3) is 0 Å². The van der Waals surface area contributed by atoms with Crippen LogP contribution in [0, 0.1) is 5.92 Å². The molecule has 0 saturated carbocycles. The summed E-state index contributed by atoms with van der Waals surface area (Å²) in [6, 6.07) is 0.688. The first kappa shape index (κ1) is 17.5. The van der Waals surface area contributed by atoms with Gasteiger partial charge in [-0.2, -0.15) is 15.0 Å². The summed E-state index contributed by atoms with van der Waals surface area (Å²) in [6.07, 6.45) is 3.28. The van der Waals surface area contributed by atoms with Crippen molar-refractivity contribution < 1.29 is 4.74 Å². The minimum absolute atomic E-state index is 0.323. The quantitative estimate of drug-likeness (QED) is 0.690. The van der Waals surface area contributed by atoms with Crippen LogP contribution in [0.15, 0.2) is 0 Å². The van der Waals surface area contributed by atoms with Gasteiger partial charge >= 0.3 is 6.01 Å². The predicted octanol–water partition coefficient (Wildman–Crippen LogP) is 3.33. The Morgan fingerprint density at radius 1 is 1.00 bits per heavy atom. The van der Waals surface area contributed by atoms with Crippen LogP contribution in [0.1, 0.15) is 53.9 Å². The fourth-order valence-electron chi connectivity index (χ4n) is 1.81. The van der Waals surface area contributed by atoms with Crippen molar-refractivity contribution in [3.05, 3.63) is 0 Å². The summed E-state index contributed by atoms with van der Waals surface area (Å²) in [6.45, 7) is 12.0. The van der Waals surface area contributed by atoms with Gasteiger partial charge < -0.3 is 15.4 Å². The number of nitrogens with one attached hydrogen (secondary N) is 2. The van der Waals surface area contributed by atoms with Gasteiger partial charge in [0.15, 0.2) is 0 Å². The molecule has 1 atom stereocenters. The molecule has 0 radical (unpaired) electrons. The zero-order chi connectivity index (χ0) is 15.7. The summed E-state index contributed by atoms with van der Waals surface area (Å²) in [5.74, 6) is 1.84. The number of ether oxygens (including phenoxy) is 1. The molecule has 1 unspecified atom stereocenters. The number of rotatable bonds is 10. The maximum atomic E-state index is 5.40. The third-order valence-corrected chi connectivity index (χ3v) is 2.97. The topological polar surface area (TPSA) is 72.0 Å². The van der Waals surface area contributed by atoms with E-state index in [4.69, 9.17) is 4.74 Å². The fourth-order valence-corrected chi connectivity index (χ4v) is 1.81. The molecule has 0 aliphatic rings. The second-order valence-electron chi connectivity index (χ2n) is 5.64. The van der Waals surface area contributed by atoms with Crippen molar-refractivity contribution >= 4 is 11.9 Å². The smallest absolute Gasteiger partial charge is 0.323 e. The Hall–Kier alpha value is -1.59. The summed E-state index contributed by atoms with van der Waals surface area (Å²) < 4.78 is 5.40. The second kappa shape index (κ2) is 9.37. The lowest BCUT2D eigenvalue weighted by molar-refractivity contribution is 0.312. The van der Waals surface area contributed by atoms with Crippen molar-refractivity contribution in [2.45, 2.75) is 59.9 Å². The molecule has 1 heterocycles. The zero-order valence-electron chi connectivity index (χ0n) is 13.9. The molecule has 6 heteroatoms. The molecule has 0 aliphatic carbocycles. The van der Waals surface area contributed by atoms with E-state index in [0.29, 0.717) is 36.5 Å². The zero-order valence-corrected chi connectivity index (χ0v) is 13.9. The largest absolute Gasteiger partial charge is 0.464 e. The second-order valence-corrected chi connectivity index (χ2v) is 5.64. The van der Waals surface area contributed by atoms with Crippen LogP contribution < -0.4 is 15.4 Å². The standard InChI is InChI=1S/C15H29N5O/c1-6-10-16-13-18-14(20-15(19-13)21-7-2)17-12(5)9-8-11(3)4/h11-12H,6-10H2,1-5H3,(H2,16,17,18,19,20). The van der Waals surface area contributed by atoms with Crippen LogP contribution in [0.3, 0.4) is 0 Å². The monoisotopic (exact) mass is 295 g/mol. The van der Waals surface area contributed by atoms with E-state index in [1.807, 2.05) is 6.92 Å². The number of nitrogens with zero attached hydrogens (tertiary/aromatic N) is 3. The van der Waals surface area contributed by atoms with Gasteiger partial charge in [0.05, 0.1) is 6.61 Å². The Morgan fingerprint density at radius 3 is 2.33 bits per heavy atom. The fraction of sp³-hybridized carbons (Fsp3) is 0.800. The van der Waals surface area contributed by atoms with E-state index in [1.165, 1.54) is 6.42 Å². The van der Waals surface area contributed by atoms with E-state index < -0.39 is 0 Å². The Labute approximate surface area is 128 Å². The van der Waals surface area contributed by atoms with Gasteiger partial charge in [0.2, 0.25) is 11.9 Å². The SMILES string of the molecule is CCCNc1nc(NC(C)CCC(C)C)nc(OCC)n1. The number of aromatic nitrogens is 3. The molecule has 0 saturated heterocycles. The molecule has 1 aromatic heterocycles. The van der Waals surface area contributed by atoms with Gasteiger partial charge in [0.1, 0.15) is 0 Å². The third-order valence-electron chi connectivity index (χ3n) is 2.97. The van der Waals surface area contributed by atoms with Crippen molar-refractivity contribution in [1.29, 1.82) is 0 Å². The lowest BCUT2D eigenvalue weighted by Crippen LogP contribution is -2.19. The molecule has 0 aliphatic heterocycles. The van der Waals surface area contributed by atoms with E-state index in [9.17, 15) is 0 Å². The van der Waals surface area contributed by atoms with E-state index in [2.05, 4.69) is 53.3 Å². The number of hydrogen-bond donors (Lipinski definition) is 2. The van der Waals surface area contributed by atoms with Gasteiger partial charge in [-0.1, -0.05) is 20.8 Å². The summed E-state index contributed by atoms with van der Waals surface area (Å²) in [5, 5.41) is 6.51. The molecule has 0 aromatic carbocycles. The third kappa shape index (κ3) is 7.11. The molecule has 0 fully saturated rings. The van der Waals surface area contributed by atoms with E-state index in [0.717, 1.165) is 19.4 Å². The highest BCUT2D eigenvalue weighted by atomic mass is 16.5. The van der Waals surface area contributed by atoms with Crippen molar-refractivity contribution in [3.63, 3.8) is 0 Å². The summed E-state index contributed by atoms with van der Waals surface area (Å²) in [4.78, 5) is 12.9. The average molecular weight is 295 g/mol. The lowest BCUT2D eigenvalue weighted by Gasteiger charge is -2.16. The predicted molar refractivity (Wildman–Crippen MR) is 86.9 cm³/mol. The van der Waals surface area contributed by atoms with Crippen LogP contribution >= 0.6 is 0 Å². The molecule has 2 N–H and O–H groups in total. The minimum Gasteiger partial charge on any atom is -0.464 e. The Balaban J connectivity index is 2.71. The highest BCUT2D eigenvalue weighted by Gasteiger charge is 2.10. The first-order valence-electron chi connectivity index (χ1n) is 7.94. The van der Waals surface area contributed by atoms with E-state index in [-0.39, 0.29) is 0 Å². The van der Waals surface area contributed by atoms with Crippen molar-refractivity contribution in [2.24, 2.45) is 5.92 Å². The minimum atomic E-state index is 0.323. The van der Waals surface area contributed by atoms with Crippen molar-refractivity contribution in [2.75, 3.05) is 23.8 Å². The van der Waals surface area contributed by atoms with Crippen LogP contribution in [-0.2, 0) is 0 Å². The summed E-state index contributed by atoms with van der Waals surface area (Å²) in [7, 11) is 0. The van der Waals surface area contributed by atoms with Gasteiger partial charge in [-0.25, -0.2) is 0 Å². The highest BCUT2D eigenvalue weighted by molar-refractivity contribution is 5.36.